The average Bonchev–Trinajstić information content (AvgIpc) is 3.11. The van der Waals surface area contributed by atoms with E-state index < -0.39 is 6.10 Å². The van der Waals surface area contributed by atoms with Crippen LogP contribution in [0.2, 0.25) is 0 Å². The summed E-state index contributed by atoms with van der Waals surface area (Å²) in [5.74, 6) is 2.39. The second-order valence-electron chi connectivity index (χ2n) is 11.7. The van der Waals surface area contributed by atoms with Crippen molar-refractivity contribution in [2.75, 3.05) is 60.8 Å². The molecule has 5 rings (SSSR count). The fourth-order valence-corrected chi connectivity index (χ4v) is 6.02. The molecule has 1 aliphatic rings. The van der Waals surface area contributed by atoms with E-state index >= 15 is 0 Å². The maximum Gasteiger partial charge on any atom is 0.127 e. The van der Waals surface area contributed by atoms with E-state index in [0.29, 0.717) is 39.5 Å². The van der Waals surface area contributed by atoms with Crippen molar-refractivity contribution in [3.05, 3.63) is 102 Å². The highest BCUT2D eigenvalue weighted by molar-refractivity contribution is 5.89. The molecule has 0 bridgehead atoms. The molecule has 4 aromatic rings. The second-order valence-corrected chi connectivity index (χ2v) is 11.7. The summed E-state index contributed by atoms with van der Waals surface area (Å²) in [6, 6.07) is 28.4. The lowest BCUT2D eigenvalue weighted by molar-refractivity contribution is -0.0856. The summed E-state index contributed by atoms with van der Waals surface area (Å²) >= 11 is 0. The van der Waals surface area contributed by atoms with E-state index in [2.05, 4.69) is 35.6 Å². The van der Waals surface area contributed by atoms with Crippen molar-refractivity contribution in [2.24, 2.45) is 0 Å². The van der Waals surface area contributed by atoms with E-state index in [0.717, 1.165) is 51.1 Å². The molecule has 0 amide bonds. The molecule has 9 nitrogen and oxygen atoms in total. The third-order valence-electron chi connectivity index (χ3n) is 8.34. The minimum absolute atomic E-state index is 0.0641. The van der Waals surface area contributed by atoms with Crippen LogP contribution in [0.3, 0.4) is 0 Å². The molecule has 1 unspecified atom stereocenters. The van der Waals surface area contributed by atoms with Gasteiger partial charge in [-0.3, -0.25) is 0 Å². The van der Waals surface area contributed by atoms with Crippen molar-refractivity contribution in [2.45, 2.75) is 43.9 Å². The molecule has 2 N–H and O–H groups in total. The maximum absolute atomic E-state index is 10.3. The van der Waals surface area contributed by atoms with Crippen LogP contribution in [0.4, 0.5) is 0 Å². The van der Waals surface area contributed by atoms with Gasteiger partial charge in [0, 0.05) is 43.5 Å². The predicted molar refractivity (Wildman–Crippen MR) is 182 cm³/mol. The molecule has 4 aromatic carbocycles. The summed E-state index contributed by atoms with van der Waals surface area (Å²) in [5, 5.41) is 15.9. The SMILES string of the molecule is COC[C@@H](O)CO[C@@H]1CNCC(OCc2cc(OC)c3ccccc3c2)[C@H]1c1ccc(OCCCOCc2ccccc2OC)cc1. The summed E-state index contributed by atoms with van der Waals surface area (Å²) in [4.78, 5) is 0. The van der Waals surface area contributed by atoms with Gasteiger partial charge in [-0.1, -0.05) is 54.6 Å². The minimum atomic E-state index is -0.707. The van der Waals surface area contributed by atoms with Gasteiger partial charge in [-0.2, -0.15) is 0 Å². The highest BCUT2D eigenvalue weighted by Gasteiger charge is 2.36. The van der Waals surface area contributed by atoms with Gasteiger partial charge in [-0.05, 0) is 46.8 Å². The van der Waals surface area contributed by atoms with Crippen molar-refractivity contribution in [3.8, 4) is 17.2 Å². The minimum Gasteiger partial charge on any atom is -0.496 e. The van der Waals surface area contributed by atoms with Crippen LogP contribution in [0, 0.1) is 0 Å². The van der Waals surface area contributed by atoms with E-state index in [1.54, 1.807) is 21.3 Å². The fraction of sp³-hybridized carbons (Fsp3) is 0.421. The van der Waals surface area contributed by atoms with Crippen molar-refractivity contribution in [1.29, 1.82) is 0 Å². The third-order valence-corrected chi connectivity index (χ3v) is 8.34. The van der Waals surface area contributed by atoms with Gasteiger partial charge in [0.2, 0.25) is 0 Å². The lowest BCUT2D eigenvalue weighted by Crippen LogP contribution is -2.51. The Morgan fingerprint density at radius 1 is 0.766 bits per heavy atom. The van der Waals surface area contributed by atoms with E-state index in [1.807, 2.05) is 54.6 Å². The van der Waals surface area contributed by atoms with Crippen LogP contribution < -0.4 is 19.5 Å². The molecule has 252 valence electrons. The Balaban J connectivity index is 1.21. The molecular weight excluding hydrogens is 598 g/mol. The lowest BCUT2D eigenvalue weighted by atomic mass is 9.85. The highest BCUT2D eigenvalue weighted by atomic mass is 16.5. The summed E-state index contributed by atoms with van der Waals surface area (Å²) < 4.78 is 40.9. The molecule has 0 radical (unpaired) electrons. The van der Waals surface area contributed by atoms with Crippen LogP contribution in [0.1, 0.15) is 29.0 Å². The molecular formula is C38H47NO8. The normalized spacial score (nSPS) is 18.6. The van der Waals surface area contributed by atoms with Crippen molar-refractivity contribution >= 4 is 10.8 Å². The Kier molecular flexibility index (Phi) is 13.3. The number of para-hydroxylation sites is 1. The number of ether oxygens (including phenoxy) is 7. The molecule has 0 spiro atoms. The molecule has 47 heavy (non-hydrogen) atoms. The summed E-state index contributed by atoms with van der Waals surface area (Å²) in [6.45, 7) is 3.74. The topological polar surface area (TPSA) is 96.9 Å². The molecule has 0 saturated carbocycles. The number of nitrogens with one attached hydrogen (secondary N) is 1. The maximum atomic E-state index is 10.3. The van der Waals surface area contributed by atoms with Crippen LogP contribution in [-0.4, -0.2) is 84.3 Å². The Bertz CT molecular complexity index is 1510. The Hall–Kier alpha value is -3.70. The zero-order valence-corrected chi connectivity index (χ0v) is 27.6. The number of fused-ring (bicyclic) bond motifs is 1. The van der Waals surface area contributed by atoms with Gasteiger partial charge in [-0.25, -0.2) is 0 Å². The molecule has 0 aliphatic carbocycles. The Morgan fingerprint density at radius 3 is 2.30 bits per heavy atom. The van der Waals surface area contributed by atoms with Gasteiger partial charge in [0.15, 0.2) is 0 Å². The number of rotatable bonds is 18. The number of aliphatic hydroxyl groups excluding tert-OH is 1. The third kappa shape index (κ3) is 9.67. The molecule has 1 heterocycles. The van der Waals surface area contributed by atoms with Crippen LogP contribution >= 0.6 is 0 Å². The van der Waals surface area contributed by atoms with Gasteiger partial charge in [0.05, 0.1) is 66.1 Å². The summed E-state index contributed by atoms with van der Waals surface area (Å²) in [5.41, 5.74) is 3.15. The molecule has 1 aliphatic heterocycles. The summed E-state index contributed by atoms with van der Waals surface area (Å²) in [6.07, 6.45) is -0.321. The first kappa shape index (κ1) is 34.6. The van der Waals surface area contributed by atoms with Crippen LogP contribution in [-0.2, 0) is 32.2 Å². The van der Waals surface area contributed by atoms with Crippen LogP contribution in [0.15, 0.2) is 84.9 Å². The predicted octanol–water partition coefficient (Wildman–Crippen LogP) is 5.51. The van der Waals surface area contributed by atoms with E-state index in [9.17, 15) is 5.11 Å². The highest BCUT2D eigenvalue weighted by Crippen LogP contribution is 2.33. The zero-order valence-electron chi connectivity index (χ0n) is 27.6. The second kappa shape index (κ2) is 18.0. The smallest absolute Gasteiger partial charge is 0.127 e. The largest absolute Gasteiger partial charge is 0.496 e. The average molecular weight is 646 g/mol. The van der Waals surface area contributed by atoms with E-state index in [4.69, 9.17) is 33.2 Å². The molecule has 1 fully saturated rings. The van der Waals surface area contributed by atoms with Crippen molar-refractivity contribution in [3.63, 3.8) is 0 Å². The van der Waals surface area contributed by atoms with E-state index in [-0.39, 0.29) is 31.3 Å². The van der Waals surface area contributed by atoms with Gasteiger partial charge in [-0.15, -0.1) is 0 Å². The number of aliphatic hydroxyl groups is 1. The first-order valence-electron chi connectivity index (χ1n) is 16.2. The first-order chi connectivity index (χ1) is 23.1. The van der Waals surface area contributed by atoms with Crippen LogP contribution in [0.5, 0.6) is 17.2 Å². The standard InChI is InChI=1S/C38H47NO8/c1-41-25-31(40)26-47-37-22-39-21-36(46-23-27-19-29-9-4-6-11-33(29)35(20-27)43-3)38(37)28-13-15-32(16-14-28)45-18-8-17-44-24-30-10-5-7-12-34(30)42-2/h4-7,9-16,19-20,31,36-40H,8,17-18,21-26H2,1-3H3/t31-,36?,37-,38-/m1/s1. The van der Waals surface area contributed by atoms with E-state index in [1.165, 1.54) is 0 Å². The summed E-state index contributed by atoms with van der Waals surface area (Å²) in [7, 11) is 4.93. The Labute approximate surface area is 277 Å². The van der Waals surface area contributed by atoms with Crippen molar-refractivity contribution in [1.82, 2.24) is 5.32 Å². The van der Waals surface area contributed by atoms with Crippen molar-refractivity contribution < 1.29 is 38.3 Å². The number of hydrogen-bond acceptors (Lipinski definition) is 9. The van der Waals surface area contributed by atoms with Crippen LogP contribution in [0.25, 0.3) is 10.8 Å². The number of methoxy groups -OCH3 is 3. The van der Waals surface area contributed by atoms with Gasteiger partial charge < -0.3 is 43.6 Å². The first-order valence-corrected chi connectivity index (χ1v) is 16.2. The molecule has 4 atom stereocenters. The van der Waals surface area contributed by atoms with Gasteiger partial charge in [0.1, 0.15) is 23.4 Å². The molecule has 1 saturated heterocycles. The lowest BCUT2D eigenvalue weighted by Gasteiger charge is -2.39. The monoisotopic (exact) mass is 645 g/mol. The zero-order chi connectivity index (χ0) is 32.8. The molecule has 9 heteroatoms. The molecule has 0 aromatic heterocycles. The Morgan fingerprint density at radius 2 is 1.51 bits per heavy atom. The van der Waals surface area contributed by atoms with Gasteiger partial charge >= 0.3 is 0 Å². The number of hydrogen-bond donors (Lipinski definition) is 2. The quantitative estimate of drug-likeness (QED) is 0.136. The number of piperidine rings is 1. The fourth-order valence-electron chi connectivity index (χ4n) is 6.02. The number of benzene rings is 4. The van der Waals surface area contributed by atoms with Gasteiger partial charge in [0.25, 0.3) is 0 Å².